The number of alkyl carbamates (subject to hydrolysis) is 1. The number of benzene rings is 2. The number of fused-ring (bicyclic) bond motifs is 3. The molecule has 1 atom stereocenters. The molecule has 0 spiro atoms. The van der Waals surface area contributed by atoms with E-state index in [1.807, 2.05) is 24.3 Å². The summed E-state index contributed by atoms with van der Waals surface area (Å²) in [7, 11) is 0. The van der Waals surface area contributed by atoms with Crippen molar-refractivity contribution in [3.05, 3.63) is 59.2 Å². The number of carbonyl (C=O) groups excluding carboxylic acids is 3. The summed E-state index contributed by atoms with van der Waals surface area (Å²) >= 11 is 0. The van der Waals surface area contributed by atoms with E-state index in [2.05, 4.69) is 34.0 Å². The van der Waals surface area contributed by atoms with E-state index in [1.54, 1.807) is 20.8 Å². The van der Waals surface area contributed by atoms with Crippen molar-refractivity contribution in [2.75, 3.05) is 0 Å². The first-order valence-corrected chi connectivity index (χ1v) is 10.6. The quantitative estimate of drug-likeness (QED) is 0.219. The van der Waals surface area contributed by atoms with Crippen LogP contribution in [0.2, 0.25) is 0 Å². The highest BCUT2D eigenvalue weighted by atomic mass is 16.5. The molecular weight excluding hydrogens is 424 g/mol. The molecule has 0 saturated carbocycles. The van der Waals surface area contributed by atoms with Crippen LogP contribution in [0.1, 0.15) is 43.9 Å². The van der Waals surface area contributed by atoms with Gasteiger partial charge in [0.15, 0.2) is 0 Å². The number of rotatable bonds is 7. The molecule has 174 valence electrons. The zero-order valence-electron chi connectivity index (χ0n) is 18.9. The van der Waals surface area contributed by atoms with Gasteiger partial charge in [-0.1, -0.05) is 42.5 Å². The number of hydrogen-bond acceptors (Lipinski definition) is 6. The van der Waals surface area contributed by atoms with Crippen LogP contribution in [-0.4, -0.2) is 36.0 Å². The van der Waals surface area contributed by atoms with Gasteiger partial charge in [-0.2, -0.15) is 0 Å². The van der Waals surface area contributed by atoms with Crippen LogP contribution in [0.5, 0.6) is 0 Å². The Morgan fingerprint density at radius 3 is 2.58 bits per heavy atom. The molecule has 33 heavy (non-hydrogen) atoms. The fraction of sp³-hybridized carbons (Fsp3) is 0.333. The summed E-state index contributed by atoms with van der Waals surface area (Å²) in [4.78, 5) is 34.8. The number of ether oxygens (including phenoxy) is 2. The first-order chi connectivity index (χ1) is 15.7. The fourth-order valence-corrected chi connectivity index (χ4v) is 3.60. The van der Waals surface area contributed by atoms with Crippen molar-refractivity contribution in [1.82, 2.24) is 10.7 Å². The largest absolute Gasteiger partial charge is 0.473 e. The third-order valence-electron chi connectivity index (χ3n) is 4.92. The molecular formula is C24H28N4O5. The third kappa shape index (κ3) is 6.31. The average molecular weight is 453 g/mol. The average Bonchev–Trinajstić information content (AvgIpc) is 3.13. The predicted octanol–water partition coefficient (Wildman–Crippen LogP) is 3.24. The summed E-state index contributed by atoms with van der Waals surface area (Å²) in [6.45, 7) is 5.34. The predicted molar refractivity (Wildman–Crippen MR) is 123 cm³/mol. The normalized spacial score (nSPS) is 13.4. The summed E-state index contributed by atoms with van der Waals surface area (Å²) < 4.78 is 11.2. The fourth-order valence-electron chi connectivity index (χ4n) is 3.60. The summed E-state index contributed by atoms with van der Waals surface area (Å²) in [6, 6.07) is 12.2. The molecule has 0 saturated heterocycles. The van der Waals surface area contributed by atoms with Crippen molar-refractivity contribution in [3.8, 4) is 11.1 Å². The summed E-state index contributed by atoms with van der Waals surface area (Å²) in [5, 5.41) is 6.39. The second-order valence-corrected chi connectivity index (χ2v) is 8.59. The molecule has 1 aliphatic carbocycles. The van der Waals surface area contributed by atoms with Crippen LogP contribution in [0, 0.1) is 0 Å². The zero-order chi connectivity index (χ0) is 24.0. The summed E-state index contributed by atoms with van der Waals surface area (Å²) in [5.41, 5.74) is 12.0. The molecule has 0 unspecified atom stereocenters. The second kappa shape index (κ2) is 10.2. The van der Waals surface area contributed by atoms with E-state index in [-0.39, 0.29) is 18.9 Å². The van der Waals surface area contributed by atoms with E-state index in [1.165, 1.54) is 11.1 Å². The second-order valence-electron chi connectivity index (χ2n) is 8.59. The molecule has 0 aromatic heterocycles. The minimum atomic E-state index is -0.952. The monoisotopic (exact) mass is 452 g/mol. The number of hydrazone groups is 1. The van der Waals surface area contributed by atoms with Crippen molar-refractivity contribution in [2.24, 2.45) is 10.8 Å². The van der Waals surface area contributed by atoms with Gasteiger partial charge in [-0.25, -0.2) is 15.0 Å². The van der Waals surface area contributed by atoms with Gasteiger partial charge in [-0.3, -0.25) is 0 Å². The number of primary amides is 1. The molecule has 2 aromatic carbocycles. The minimum Gasteiger partial charge on any atom is -0.473 e. The third-order valence-corrected chi connectivity index (χ3v) is 4.92. The maximum Gasteiger partial charge on any atom is 0.408 e. The number of aldehydes is 1. The lowest BCUT2D eigenvalue weighted by Gasteiger charge is -2.26. The first-order valence-electron chi connectivity index (χ1n) is 10.6. The van der Waals surface area contributed by atoms with Crippen molar-refractivity contribution < 1.29 is 23.9 Å². The van der Waals surface area contributed by atoms with E-state index in [0.29, 0.717) is 6.29 Å². The van der Waals surface area contributed by atoms with Crippen molar-refractivity contribution in [2.45, 2.75) is 51.9 Å². The highest BCUT2D eigenvalue weighted by Crippen LogP contribution is 2.38. The number of urea groups is 1. The molecule has 9 nitrogen and oxygen atoms in total. The van der Waals surface area contributed by atoms with E-state index in [4.69, 9.17) is 15.2 Å². The van der Waals surface area contributed by atoms with Gasteiger partial charge in [0, 0.05) is 6.42 Å². The van der Waals surface area contributed by atoms with Gasteiger partial charge in [-0.05, 0) is 55.0 Å². The molecule has 2 aromatic rings. The number of hydrogen-bond donors (Lipinski definition) is 3. The lowest BCUT2D eigenvalue weighted by molar-refractivity contribution is -0.108. The number of amides is 3. The molecule has 1 aliphatic rings. The summed E-state index contributed by atoms with van der Waals surface area (Å²) in [6.07, 6.45) is 0.493. The van der Waals surface area contributed by atoms with Crippen LogP contribution in [0.3, 0.4) is 0 Å². The lowest BCUT2D eigenvalue weighted by Crippen LogP contribution is -2.46. The van der Waals surface area contributed by atoms with Crippen LogP contribution in [0.4, 0.5) is 9.59 Å². The van der Waals surface area contributed by atoms with E-state index < -0.39 is 23.8 Å². The van der Waals surface area contributed by atoms with Gasteiger partial charge in [0.05, 0.1) is 0 Å². The Morgan fingerprint density at radius 1 is 1.15 bits per heavy atom. The van der Waals surface area contributed by atoms with Crippen LogP contribution >= 0.6 is 0 Å². The van der Waals surface area contributed by atoms with Gasteiger partial charge in [0.25, 0.3) is 0 Å². The standard InChI is InChI=1S/C24H28N4O5/c1-24(2,3)33-21(27-28-22(25)30)20(11-12-29)26-23(31)32-14-16-8-6-10-18-17-9-5-4-7-15(17)13-19(16)18/h4-10,12,20H,11,13-14H2,1-3H3,(H,26,31)(H3,25,28,30)/t20-/m0/s1. The Kier molecular flexibility index (Phi) is 7.32. The molecule has 0 aliphatic heterocycles. The van der Waals surface area contributed by atoms with Crippen molar-refractivity contribution in [3.63, 3.8) is 0 Å². The smallest absolute Gasteiger partial charge is 0.408 e. The van der Waals surface area contributed by atoms with Crippen LogP contribution in [-0.2, 0) is 27.3 Å². The first kappa shape index (κ1) is 23.8. The molecule has 0 heterocycles. The molecule has 3 rings (SSSR count). The zero-order valence-corrected chi connectivity index (χ0v) is 18.9. The van der Waals surface area contributed by atoms with E-state index >= 15 is 0 Å². The number of nitrogens with zero attached hydrogens (tertiary/aromatic N) is 1. The molecule has 0 bridgehead atoms. The van der Waals surface area contributed by atoms with Gasteiger partial charge in [0.1, 0.15) is 24.5 Å². The van der Waals surface area contributed by atoms with Crippen molar-refractivity contribution in [1.29, 1.82) is 0 Å². The highest BCUT2D eigenvalue weighted by molar-refractivity contribution is 5.89. The Morgan fingerprint density at radius 2 is 1.88 bits per heavy atom. The number of carbonyl (C=O) groups is 3. The van der Waals surface area contributed by atoms with Gasteiger partial charge < -0.3 is 25.3 Å². The topological polar surface area (TPSA) is 132 Å². The van der Waals surface area contributed by atoms with Crippen molar-refractivity contribution >= 4 is 24.3 Å². The molecule has 0 fully saturated rings. The number of nitrogens with one attached hydrogen (secondary N) is 2. The number of nitrogens with two attached hydrogens (primary N) is 1. The van der Waals surface area contributed by atoms with Gasteiger partial charge in [0.2, 0.25) is 5.90 Å². The maximum atomic E-state index is 12.6. The van der Waals surface area contributed by atoms with E-state index in [0.717, 1.165) is 23.1 Å². The SMILES string of the molecule is CC(C)(C)OC(=NNC(N)=O)[C@H](CC=O)NC(=O)OCc1cccc2c1Cc1ccccc1-2. The maximum absolute atomic E-state index is 12.6. The van der Waals surface area contributed by atoms with Crippen LogP contribution in [0.25, 0.3) is 11.1 Å². The molecule has 3 amide bonds. The molecule has 9 heteroatoms. The minimum absolute atomic E-state index is 0.0585. The molecule has 0 radical (unpaired) electrons. The Hall–Kier alpha value is -3.88. The van der Waals surface area contributed by atoms with Crippen LogP contribution < -0.4 is 16.5 Å². The van der Waals surface area contributed by atoms with E-state index in [9.17, 15) is 14.4 Å². The summed E-state index contributed by atoms with van der Waals surface area (Å²) in [5.74, 6) is -0.0681. The highest BCUT2D eigenvalue weighted by Gasteiger charge is 2.26. The van der Waals surface area contributed by atoms with Gasteiger partial charge >= 0.3 is 12.1 Å². The Balaban J connectivity index is 1.70. The lowest BCUT2D eigenvalue weighted by atomic mass is 10.0. The van der Waals surface area contributed by atoms with Crippen LogP contribution in [0.15, 0.2) is 47.6 Å². The van der Waals surface area contributed by atoms with Gasteiger partial charge in [-0.15, -0.1) is 5.10 Å². The Bertz CT molecular complexity index is 1070. The Labute approximate surface area is 192 Å². The molecule has 4 N–H and O–H groups in total.